The Kier molecular flexibility index (Phi) is 5.57. The van der Waals surface area contributed by atoms with E-state index in [2.05, 4.69) is 77.7 Å². The summed E-state index contributed by atoms with van der Waals surface area (Å²) in [6, 6.07) is 19.4. The van der Waals surface area contributed by atoms with Crippen molar-refractivity contribution in [2.45, 2.75) is 39.7 Å². The van der Waals surface area contributed by atoms with Gasteiger partial charge in [0.25, 0.3) is 0 Å². The summed E-state index contributed by atoms with van der Waals surface area (Å²) in [5.74, 6) is -0.0394. The molecule has 0 bridgehead atoms. The van der Waals surface area contributed by atoms with Crippen LogP contribution in [-0.2, 0) is 17.6 Å². The molecule has 0 fully saturated rings. The van der Waals surface area contributed by atoms with E-state index >= 15 is 0 Å². The van der Waals surface area contributed by atoms with Crippen molar-refractivity contribution in [2.24, 2.45) is 0 Å². The Morgan fingerprint density at radius 3 is 2.46 bits per heavy atom. The zero-order valence-electron chi connectivity index (χ0n) is 15.7. The SMILES string of the molecule is CCc1ccn(C(Cc2ccc(NC(C)=O)c(C)c2)c2ccccc2)c1. The zero-order valence-corrected chi connectivity index (χ0v) is 15.7. The van der Waals surface area contributed by atoms with Gasteiger partial charge >= 0.3 is 0 Å². The maximum absolute atomic E-state index is 11.3. The summed E-state index contributed by atoms with van der Waals surface area (Å²) in [4.78, 5) is 11.3. The molecule has 0 saturated carbocycles. The standard InChI is InChI=1S/C23H26N2O/c1-4-19-12-13-25(16-19)23(21-8-6-5-7-9-21)15-20-10-11-22(17(2)14-20)24-18(3)26/h5-14,16,23H,4,15H2,1-3H3,(H,24,26). The fourth-order valence-corrected chi connectivity index (χ4v) is 3.34. The van der Waals surface area contributed by atoms with E-state index < -0.39 is 0 Å². The van der Waals surface area contributed by atoms with Crippen molar-refractivity contribution in [2.75, 3.05) is 5.32 Å². The second-order valence-corrected chi connectivity index (χ2v) is 6.78. The molecule has 0 radical (unpaired) electrons. The van der Waals surface area contributed by atoms with E-state index in [0.717, 1.165) is 24.1 Å². The highest BCUT2D eigenvalue weighted by molar-refractivity contribution is 5.89. The largest absolute Gasteiger partial charge is 0.346 e. The number of hydrogen-bond donors (Lipinski definition) is 1. The number of carbonyl (C=O) groups is 1. The van der Waals surface area contributed by atoms with Gasteiger partial charge in [0.2, 0.25) is 5.91 Å². The molecule has 26 heavy (non-hydrogen) atoms. The first-order valence-electron chi connectivity index (χ1n) is 9.15. The first kappa shape index (κ1) is 18.0. The van der Waals surface area contributed by atoms with Gasteiger partial charge in [-0.15, -0.1) is 0 Å². The van der Waals surface area contributed by atoms with Crippen LogP contribution in [0.2, 0.25) is 0 Å². The van der Waals surface area contributed by atoms with Gasteiger partial charge in [-0.3, -0.25) is 4.79 Å². The third kappa shape index (κ3) is 4.23. The normalized spacial score (nSPS) is 12.0. The fraction of sp³-hybridized carbons (Fsp3) is 0.261. The highest BCUT2D eigenvalue weighted by Crippen LogP contribution is 2.26. The van der Waals surface area contributed by atoms with E-state index in [1.54, 1.807) is 0 Å². The minimum absolute atomic E-state index is 0.0394. The van der Waals surface area contributed by atoms with Crippen LogP contribution >= 0.6 is 0 Å². The summed E-state index contributed by atoms with van der Waals surface area (Å²) in [5, 5.41) is 2.88. The second kappa shape index (κ2) is 8.05. The zero-order chi connectivity index (χ0) is 18.5. The van der Waals surface area contributed by atoms with E-state index in [4.69, 9.17) is 0 Å². The molecule has 1 unspecified atom stereocenters. The van der Waals surface area contributed by atoms with Crippen LogP contribution in [0.4, 0.5) is 5.69 Å². The topological polar surface area (TPSA) is 34.0 Å². The molecule has 3 heteroatoms. The first-order chi connectivity index (χ1) is 12.6. The molecule has 2 aromatic carbocycles. The molecule has 0 aliphatic heterocycles. The van der Waals surface area contributed by atoms with Crippen molar-refractivity contribution < 1.29 is 4.79 Å². The summed E-state index contributed by atoms with van der Waals surface area (Å²) in [6.45, 7) is 5.76. The number of aromatic nitrogens is 1. The average molecular weight is 346 g/mol. The van der Waals surface area contributed by atoms with Gasteiger partial charge in [-0.25, -0.2) is 0 Å². The van der Waals surface area contributed by atoms with Crippen LogP contribution in [0, 0.1) is 6.92 Å². The van der Waals surface area contributed by atoms with Gasteiger partial charge in [0.05, 0.1) is 6.04 Å². The molecule has 0 aliphatic carbocycles. The monoisotopic (exact) mass is 346 g/mol. The molecule has 0 spiro atoms. The van der Waals surface area contributed by atoms with E-state index in [1.165, 1.54) is 23.6 Å². The number of benzene rings is 2. The summed E-state index contributed by atoms with van der Waals surface area (Å²) in [5.41, 5.74) is 5.88. The molecule has 1 N–H and O–H groups in total. The Morgan fingerprint density at radius 1 is 1.08 bits per heavy atom. The van der Waals surface area contributed by atoms with Gasteiger partial charge in [0, 0.05) is 25.0 Å². The number of amides is 1. The molecule has 3 nitrogen and oxygen atoms in total. The Morgan fingerprint density at radius 2 is 1.85 bits per heavy atom. The third-order valence-electron chi connectivity index (χ3n) is 4.76. The van der Waals surface area contributed by atoms with Crippen molar-refractivity contribution in [3.05, 3.63) is 89.2 Å². The van der Waals surface area contributed by atoms with Gasteiger partial charge in [-0.2, -0.15) is 0 Å². The number of hydrogen-bond acceptors (Lipinski definition) is 1. The second-order valence-electron chi connectivity index (χ2n) is 6.78. The summed E-state index contributed by atoms with van der Waals surface area (Å²) in [7, 11) is 0. The predicted molar refractivity (Wildman–Crippen MR) is 108 cm³/mol. The van der Waals surface area contributed by atoms with Crippen molar-refractivity contribution in [1.82, 2.24) is 4.57 Å². The molecule has 3 aromatic rings. The lowest BCUT2D eigenvalue weighted by Gasteiger charge is -2.21. The number of anilines is 1. The number of aryl methyl sites for hydroxylation is 2. The van der Waals surface area contributed by atoms with Crippen molar-refractivity contribution >= 4 is 11.6 Å². The number of nitrogens with one attached hydrogen (secondary N) is 1. The Hall–Kier alpha value is -2.81. The maximum Gasteiger partial charge on any atom is 0.221 e. The van der Waals surface area contributed by atoms with Crippen LogP contribution in [0.5, 0.6) is 0 Å². The molecule has 1 aromatic heterocycles. The Bertz CT molecular complexity index is 880. The highest BCUT2D eigenvalue weighted by Gasteiger charge is 2.15. The quantitative estimate of drug-likeness (QED) is 0.658. The molecule has 1 amide bonds. The molecule has 3 rings (SSSR count). The molecular formula is C23H26N2O. The minimum Gasteiger partial charge on any atom is -0.346 e. The fourth-order valence-electron chi connectivity index (χ4n) is 3.34. The minimum atomic E-state index is -0.0394. The van der Waals surface area contributed by atoms with Crippen LogP contribution in [-0.4, -0.2) is 10.5 Å². The Balaban J connectivity index is 1.91. The number of carbonyl (C=O) groups excluding carboxylic acids is 1. The van der Waals surface area contributed by atoms with Crippen molar-refractivity contribution in [3.63, 3.8) is 0 Å². The lowest BCUT2D eigenvalue weighted by atomic mass is 9.97. The van der Waals surface area contributed by atoms with E-state index in [0.29, 0.717) is 0 Å². The summed E-state index contributed by atoms with van der Waals surface area (Å²) in [6.07, 6.45) is 6.37. The van der Waals surface area contributed by atoms with Gasteiger partial charge in [0.15, 0.2) is 0 Å². The van der Waals surface area contributed by atoms with Crippen LogP contribution < -0.4 is 5.32 Å². The molecule has 134 valence electrons. The van der Waals surface area contributed by atoms with Gasteiger partial charge in [0.1, 0.15) is 0 Å². The van der Waals surface area contributed by atoms with Crippen LogP contribution in [0.15, 0.2) is 67.0 Å². The van der Waals surface area contributed by atoms with Crippen LogP contribution in [0.25, 0.3) is 0 Å². The van der Waals surface area contributed by atoms with Crippen LogP contribution in [0.3, 0.4) is 0 Å². The van der Waals surface area contributed by atoms with Gasteiger partial charge in [-0.1, -0.05) is 49.4 Å². The molecule has 0 aliphatic rings. The lowest BCUT2D eigenvalue weighted by molar-refractivity contribution is -0.114. The van der Waals surface area contributed by atoms with Crippen molar-refractivity contribution in [3.8, 4) is 0 Å². The van der Waals surface area contributed by atoms with E-state index in [1.807, 2.05) is 13.0 Å². The maximum atomic E-state index is 11.3. The Labute approximate surface area is 155 Å². The predicted octanol–water partition coefficient (Wildman–Crippen LogP) is 5.15. The smallest absolute Gasteiger partial charge is 0.221 e. The van der Waals surface area contributed by atoms with Gasteiger partial charge in [-0.05, 0) is 54.2 Å². The van der Waals surface area contributed by atoms with E-state index in [9.17, 15) is 4.79 Å². The van der Waals surface area contributed by atoms with Crippen molar-refractivity contribution in [1.29, 1.82) is 0 Å². The van der Waals surface area contributed by atoms with Gasteiger partial charge < -0.3 is 9.88 Å². The number of rotatable bonds is 6. The third-order valence-corrected chi connectivity index (χ3v) is 4.76. The molecule has 0 saturated heterocycles. The molecule has 1 atom stereocenters. The molecular weight excluding hydrogens is 320 g/mol. The molecule has 1 heterocycles. The first-order valence-corrected chi connectivity index (χ1v) is 9.15. The van der Waals surface area contributed by atoms with Crippen LogP contribution in [0.1, 0.15) is 42.1 Å². The lowest BCUT2D eigenvalue weighted by Crippen LogP contribution is -2.12. The van der Waals surface area contributed by atoms with E-state index in [-0.39, 0.29) is 11.9 Å². The summed E-state index contributed by atoms with van der Waals surface area (Å²) < 4.78 is 2.31. The average Bonchev–Trinajstić information content (AvgIpc) is 3.11. The summed E-state index contributed by atoms with van der Waals surface area (Å²) >= 11 is 0. The number of nitrogens with zero attached hydrogens (tertiary/aromatic N) is 1. The highest BCUT2D eigenvalue weighted by atomic mass is 16.1.